The Hall–Kier alpha value is 0. The number of hydrogen-bond acceptors (Lipinski definition) is 0. The smallest absolute Gasteiger partial charge is 0.0354 e. The van der Waals surface area contributed by atoms with Crippen LogP contribution in [0.1, 0.15) is 163 Å². The van der Waals surface area contributed by atoms with E-state index in [9.17, 15) is 0 Å². The predicted molar refractivity (Wildman–Crippen MR) is 122 cm³/mol. The Labute approximate surface area is 168 Å². The van der Waals surface area contributed by atoms with E-state index in [4.69, 9.17) is 0 Å². The minimum Gasteiger partial charge on any atom is -0.0654 e. The fourth-order valence-electron chi connectivity index (χ4n) is 4.11. The first-order valence-corrected chi connectivity index (χ1v) is 12.6. The van der Waals surface area contributed by atoms with Gasteiger partial charge in [0.2, 0.25) is 0 Å². The normalized spacial score (nSPS) is 12.0. The number of rotatable bonds is 21. The van der Waals surface area contributed by atoms with Gasteiger partial charge in [-0.25, -0.2) is 0 Å². The Balaban J connectivity index is 3.13. The Bertz CT molecular complexity index is 253. The predicted octanol–water partition coefficient (Wildman–Crippen LogP) is 10.2. The van der Waals surface area contributed by atoms with Crippen LogP contribution in [0.15, 0.2) is 0 Å². The summed E-state index contributed by atoms with van der Waals surface area (Å²) in [5.41, 5.74) is 0.589. The van der Waals surface area contributed by atoms with Crippen LogP contribution < -0.4 is 0 Å². The van der Waals surface area contributed by atoms with Crippen LogP contribution in [-0.4, -0.2) is 0 Å². The molecule has 0 spiro atoms. The Morgan fingerprint density at radius 2 is 0.615 bits per heavy atom. The molecule has 0 nitrogen and oxygen atoms in total. The second-order valence-corrected chi connectivity index (χ2v) is 9.67. The molecule has 0 aromatic carbocycles. The van der Waals surface area contributed by atoms with Gasteiger partial charge in [-0.15, -0.1) is 0 Å². The monoisotopic (exact) mass is 366 g/mol. The third-order valence-electron chi connectivity index (χ3n) is 6.16. The van der Waals surface area contributed by atoms with Gasteiger partial charge in [0.1, 0.15) is 0 Å². The van der Waals surface area contributed by atoms with Crippen LogP contribution in [0.25, 0.3) is 0 Å². The Morgan fingerprint density at radius 3 is 0.962 bits per heavy atom. The molecule has 0 heterocycles. The molecule has 0 unspecified atom stereocenters. The quantitative estimate of drug-likeness (QED) is 0.177. The van der Waals surface area contributed by atoms with Crippen molar-refractivity contribution in [1.82, 2.24) is 0 Å². The van der Waals surface area contributed by atoms with Crippen molar-refractivity contribution < 1.29 is 0 Å². The molecule has 158 valence electrons. The van der Waals surface area contributed by atoms with Gasteiger partial charge in [-0.3, -0.25) is 0 Å². The number of unbranched alkanes of at least 4 members (excludes halogenated alkanes) is 17. The van der Waals surface area contributed by atoms with Gasteiger partial charge in [-0.1, -0.05) is 150 Å². The zero-order chi connectivity index (χ0) is 19.3. The van der Waals surface area contributed by atoms with E-state index >= 15 is 0 Å². The van der Waals surface area contributed by atoms with E-state index in [-0.39, 0.29) is 0 Å². The maximum atomic E-state index is 2.47. The van der Waals surface area contributed by atoms with E-state index in [1.807, 2.05) is 0 Å². The summed E-state index contributed by atoms with van der Waals surface area (Å²) in [5.74, 6) is 0. The third-order valence-corrected chi connectivity index (χ3v) is 6.16. The average molecular weight is 367 g/mol. The van der Waals surface area contributed by atoms with E-state index in [1.165, 1.54) is 135 Å². The molecule has 0 amide bonds. The van der Waals surface area contributed by atoms with Gasteiger partial charge in [0.15, 0.2) is 0 Å². The lowest BCUT2D eigenvalue weighted by atomic mass is 9.82. The molecule has 0 radical (unpaired) electrons. The average Bonchev–Trinajstić information content (AvgIpc) is 2.62. The van der Waals surface area contributed by atoms with Crippen LogP contribution in [-0.2, 0) is 0 Å². The maximum Gasteiger partial charge on any atom is -0.0354 e. The maximum absolute atomic E-state index is 2.47. The summed E-state index contributed by atoms with van der Waals surface area (Å²) < 4.78 is 0. The fourth-order valence-corrected chi connectivity index (χ4v) is 4.11. The molecule has 0 aromatic heterocycles. The van der Waals surface area contributed by atoms with Gasteiger partial charge < -0.3 is 0 Å². The molecule has 0 saturated heterocycles. The first-order chi connectivity index (χ1) is 12.6. The number of hydrogen-bond donors (Lipinski definition) is 0. The molecule has 0 bridgehead atoms. The third kappa shape index (κ3) is 20.3. The van der Waals surface area contributed by atoms with Crippen molar-refractivity contribution in [3.05, 3.63) is 0 Å². The van der Waals surface area contributed by atoms with Crippen molar-refractivity contribution in [3.63, 3.8) is 0 Å². The zero-order valence-corrected chi connectivity index (χ0v) is 19.3. The van der Waals surface area contributed by atoms with Crippen LogP contribution in [0.5, 0.6) is 0 Å². The standard InChI is InChI=1S/C26H54/c1-5-7-9-10-11-12-13-14-15-16-17-18-19-20-21-22-23-25-26(3,4)24-8-6-2/h5-25H2,1-4H3. The van der Waals surface area contributed by atoms with E-state index in [0.717, 1.165) is 0 Å². The molecule has 0 aromatic rings. The molecule has 0 heteroatoms. The Morgan fingerprint density at radius 1 is 0.346 bits per heavy atom. The summed E-state index contributed by atoms with van der Waals surface area (Å²) in [6.07, 6.45) is 30.6. The van der Waals surface area contributed by atoms with Crippen LogP contribution in [0.2, 0.25) is 0 Å². The summed E-state index contributed by atoms with van der Waals surface area (Å²) in [6.45, 7) is 9.55. The van der Waals surface area contributed by atoms with Crippen LogP contribution >= 0.6 is 0 Å². The molecular formula is C26H54. The lowest BCUT2D eigenvalue weighted by Crippen LogP contribution is -2.10. The molecule has 0 atom stereocenters. The molecule has 0 fully saturated rings. The first-order valence-electron chi connectivity index (χ1n) is 12.6. The van der Waals surface area contributed by atoms with Gasteiger partial charge in [0.05, 0.1) is 0 Å². The summed E-state index contributed by atoms with van der Waals surface area (Å²) in [4.78, 5) is 0. The van der Waals surface area contributed by atoms with Crippen molar-refractivity contribution in [3.8, 4) is 0 Å². The van der Waals surface area contributed by atoms with E-state index in [1.54, 1.807) is 0 Å². The summed E-state index contributed by atoms with van der Waals surface area (Å²) in [7, 11) is 0. The van der Waals surface area contributed by atoms with Crippen molar-refractivity contribution in [1.29, 1.82) is 0 Å². The second kappa shape index (κ2) is 19.8. The van der Waals surface area contributed by atoms with Crippen molar-refractivity contribution >= 4 is 0 Å². The summed E-state index contributed by atoms with van der Waals surface area (Å²) >= 11 is 0. The van der Waals surface area contributed by atoms with E-state index in [0.29, 0.717) is 5.41 Å². The largest absolute Gasteiger partial charge is 0.0654 e. The van der Waals surface area contributed by atoms with Crippen LogP contribution in [0.3, 0.4) is 0 Å². The minimum absolute atomic E-state index is 0.589. The SMILES string of the molecule is CCCCCCCCCCCCCCCCCCCC(C)(C)CCCC. The lowest BCUT2D eigenvalue weighted by molar-refractivity contribution is 0.285. The zero-order valence-electron chi connectivity index (χ0n) is 19.3. The van der Waals surface area contributed by atoms with Gasteiger partial charge in [0, 0.05) is 0 Å². The van der Waals surface area contributed by atoms with Gasteiger partial charge in [-0.2, -0.15) is 0 Å². The highest BCUT2D eigenvalue weighted by Crippen LogP contribution is 2.30. The molecule has 0 N–H and O–H groups in total. The molecule has 0 aliphatic rings. The lowest BCUT2D eigenvalue weighted by Gasteiger charge is -2.24. The Kier molecular flexibility index (Phi) is 19.8. The molecule has 0 saturated carbocycles. The highest BCUT2D eigenvalue weighted by Gasteiger charge is 2.15. The van der Waals surface area contributed by atoms with Crippen molar-refractivity contribution in [2.24, 2.45) is 5.41 Å². The van der Waals surface area contributed by atoms with Crippen molar-refractivity contribution in [2.75, 3.05) is 0 Å². The van der Waals surface area contributed by atoms with Gasteiger partial charge in [0.25, 0.3) is 0 Å². The van der Waals surface area contributed by atoms with E-state index in [2.05, 4.69) is 27.7 Å². The van der Waals surface area contributed by atoms with E-state index < -0.39 is 0 Å². The van der Waals surface area contributed by atoms with Gasteiger partial charge >= 0.3 is 0 Å². The fraction of sp³-hybridized carbons (Fsp3) is 1.00. The molecule has 26 heavy (non-hydrogen) atoms. The van der Waals surface area contributed by atoms with Crippen LogP contribution in [0, 0.1) is 5.41 Å². The minimum atomic E-state index is 0.589. The second-order valence-electron chi connectivity index (χ2n) is 9.67. The summed E-state index contributed by atoms with van der Waals surface area (Å²) in [6, 6.07) is 0. The highest BCUT2D eigenvalue weighted by atomic mass is 14.2. The molecule has 0 rings (SSSR count). The highest BCUT2D eigenvalue weighted by molar-refractivity contribution is 4.68. The first kappa shape index (κ1) is 26.0. The molecule has 0 aliphatic carbocycles. The van der Waals surface area contributed by atoms with Crippen molar-refractivity contribution in [2.45, 2.75) is 163 Å². The topological polar surface area (TPSA) is 0 Å². The summed E-state index contributed by atoms with van der Waals surface area (Å²) in [5, 5.41) is 0. The molecular weight excluding hydrogens is 312 g/mol. The van der Waals surface area contributed by atoms with Crippen LogP contribution in [0.4, 0.5) is 0 Å². The van der Waals surface area contributed by atoms with Gasteiger partial charge in [-0.05, 0) is 18.3 Å². The molecule has 0 aliphatic heterocycles.